The average Bonchev–Trinajstić information content (AvgIpc) is 0.775. The highest BCUT2D eigenvalue weighted by molar-refractivity contribution is 8.77. The fourth-order valence-electron chi connectivity index (χ4n) is 10.8. The Hall–Kier alpha value is -6.06. The number of hydrogen-bond acceptors (Lipinski definition) is 34. The summed E-state index contributed by atoms with van der Waals surface area (Å²) in [5.74, 6) is -7.42. The molecule has 0 spiro atoms. The Morgan fingerprint density at radius 3 is 1.31 bits per heavy atom. The molecule has 0 aliphatic carbocycles. The van der Waals surface area contributed by atoms with Gasteiger partial charge in [-0.05, 0) is 22.9 Å². The van der Waals surface area contributed by atoms with Crippen molar-refractivity contribution in [2.45, 2.75) is 192 Å². The largest absolute Gasteiger partial charge is 0.394 e. The number of amides is 9. The number of rotatable bonds is 31. The van der Waals surface area contributed by atoms with E-state index in [1.54, 1.807) is 18.2 Å². The summed E-state index contributed by atoms with van der Waals surface area (Å²) < 4.78 is 53.6. The van der Waals surface area contributed by atoms with E-state index >= 15 is 0 Å². The number of ether oxygens (including phenoxy) is 9. The molecule has 5 aliphatic heterocycles. The van der Waals surface area contributed by atoms with Gasteiger partial charge in [-0.2, -0.15) is 0 Å². The Bertz CT molecular complexity index is 2870. The summed E-state index contributed by atoms with van der Waals surface area (Å²) in [6.45, 7) is -2.93. The molecule has 6 rings (SSSR count). The second-order valence-electron chi connectivity index (χ2n) is 22.7. The van der Waals surface area contributed by atoms with Gasteiger partial charge in [0.05, 0.1) is 52.7 Å². The van der Waals surface area contributed by atoms with Crippen molar-refractivity contribution in [2.75, 3.05) is 59.2 Å². The quantitative estimate of drug-likeness (QED) is 0.0242. The number of aromatic nitrogens is 1. The molecule has 5 saturated heterocycles. The van der Waals surface area contributed by atoms with Crippen molar-refractivity contribution < 1.29 is 147 Å². The van der Waals surface area contributed by atoms with Crippen LogP contribution >= 0.6 is 21.6 Å². The monoisotopic (exact) mass is 1440 g/mol. The second kappa shape index (κ2) is 38.7. The smallest absolute Gasteiger partial charge is 0.268 e. The highest BCUT2D eigenvalue weighted by Crippen LogP contribution is 2.37. The number of carbonyl (C=O) groups is 9. The Kier molecular flexibility index (Phi) is 31.9. The maximum Gasteiger partial charge on any atom is 0.268 e. The number of carbonyl (C=O) groups excluding carboxylic acids is 9. The molecule has 0 radical (unpaired) electrons. The summed E-state index contributed by atoms with van der Waals surface area (Å²) in [5.41, 5.74) is 4.86. The van der Waals surface area contributed by atoms with Crippen LogP contribution in [0.25, 0.3) is 0 Å². The minimum Gasteiger partial charge on any atom is -0.394 e. The molecule has 0 saturated carbocycles. The molecular weight excluding hydrogens is 1360 g/mol. The van der Waals surface area contributed by atoms with Gasteiger partial charge in [0.25, 0.3) is 5.91 Å². The summed E-state index contributed by atoms with van der Waals surface area (Å²) in [5, 5.41) is 156. The van der Waals surface area contributed by atoms with Gasteiger partial charge < -0.3 is 157 Å². The van der Waals surface area contributed by atoms with Crippen molar-refractivity contribution in [2.24, 2.45) is 5.73 Å². The maximum atomic E-state index is 13.7. The third kappa shape index (κ3) is 22.0. The summed E-state index contributed by atoms with van der Waals surface area (Å²) in [4.78, 5) is 118. The summed E-state index contributed by atoms with van der Waals surface area (Å²) >= 11 is 0. The zero-order valence-corrected chi connectivity index (χ0v) is 54.6. The van der Waals surface area contributed by atoms with Crippen LogP contribution in [-0.4, -0.2) is 332 Å². The number of nitrogens with zero attached hydrogens (tertiary/aromatic N) is 1. The lowest BCUT2D eigenvalue weighted by Crippen LogP contribution is -2.72. The van der Waals surface area contributed by atoms with Gasteiger partial charge in [-0.1, -0.05) is 16.9 Å². The minimum atomic E-state index is -2.09. The molecule has 41 nitrogen and oxygen atoms in total. The van der Waals surface area contributed by atoms with Crippen molar-refractivity contribution in [3.63, 3.8) is 0 Å². The van der Waals surface area contributed by atoms with Gasteiger partial charge in [-0.3, -0.25) is 43.2 Å². The van der Waals surface area contributed by atoms with E-state index in [1.807, 2.05) is 0 Å². The Morgan fingerprint density at radius 2 is 0.888 bits per heavy atom. The Labute approximate surface area is 565 Å². The molecule has 5 fully saturated rings. The van der Waals surface area contributed by atoms with E-state index in [0.29, 0.717) is 5.03 Å². The van der Waals surface area contributed by atoms with Crippen molar-refractivity contribution in [1.29, 1.82) is 0 Å². The van der Waals surface area contributed by atoms with Gasteiger partial charge in [0.1, 0.15) is 132 Å². The molecule has 0 aromatic carbocycles. The van der Waals surface area contributed by atoms with E-state index < -0.39 is 272 Å². The fourth-order valence-corrected chi connectivity index (χ4v) is 12.5. The third-order valence-corrected chi connectivity index (χ3v) is 17.4. The SMILES string of the molecule is CC(=O)N[C@H]1[C@H](OC2[C@@H](CO)O[C@@H](OC3[C@@H](CO)O[C@@H](OC4[C@@H](CO)OC(O)[C@H](NC(C)=O)[C@H]4O)[C@H](NC(C)=O)[C@H]3O)[C@H](NC(C)=O)[C@H]2O)O[C@H](CO)C(O[C@@H]2O[C@H](CO)[C@@H](O)[C@H](O)[C@H]2NC(=O)CCNC(=O)C(=CSSc2ccccn2)NC(=O)CNC(=O)CNC(=O)CN)[C@@H]1O. The summed E-state index contributed by atoms with van der Waals surface area (Å²) in [6.07, 6.45) is -36.3. The molecule has 552 valence electrons. The minimum absolute atomic E-state index is 0.356. The topological polar surface area (TPSA) is 627 Å². The maximum absolute atomic E-state index is 13.7. The van der Waals surface area contributed by atoms with E-state index in [0.717, 1.165) is 49.3 Å². The van der Waals surface area contributed by atoms with Gasteiger partial charge in [-0.15, -0.1) is 0 Å². The number of nitrogens with two attached hydrogens (primary N) is 1. The van der Waals surface area contributed by atoms with E-state index in [9.17, 15) is 104 Å². The van der Waals surface area contributed by atoms with E-state index in [2.05, 4.69) is 52.8 Å². The first-order valence-corrected chi connectivity index (χ1v) is 32.6. The Morgan fingerprint density at radius 1 is 0.490 bits per heavy atom. The normalized spacial score (nSPS) is 34.9. The average molecular weight is 1440 g/mol. The lowest BCUT2D eigenvalue weighted by atomic mass is 9.93. The van der Waals surface area contributed by atoms with Gasteiger partial charge in [-0.25, -0.2) is 4.98 Å². The van der Waals surface area contributed by atoms with Crippen LogP contribution in [-0.2, 0) is 85.8 Å². The van der Waals surface area contributed by atoms with Crippen LogP contribution < -0.4 is 53.6 Å². The molecule has 0 bridgehead atoms. The highest BCUT2D eigenvalue weighted by Gasteiger charge is 2.58. The second-order valence-corrected chi connectivity index (χ2v) is 24.8. The predicted octanol–water partition coefficient (Wildman–Crippen LogP) is -12.7. The first kappa shape index (κ1) is 80.9. The first-order valence-electron chi connectivity index (χ1n) is 30.4. The molecule has 5 aliphatic rings. The number of hydrogen-bond donors (Lipinski definition) is 22. The van der Waals surface area contributed by atoms with Crippen molar-refractivity contribution in [3.05, 3.63) is 35.5 Å². The van der Waals surface area contributed by atoms with Crippen LogP contribution in [0.2, 0.25) is 0 Å². The van der Waals surface area contributed by atoms with Gasteiger partial charge >= 0.3 is 0 Å². The molecule has 5 unspecified atom stereocenters. The van der Waals surface area contributed by atoms with Crippen LogP contribution in [0.5, 0.6) is 0 Å². The number of nitrogens with one attached hydrogen (secondary N) is 9. The lowest BCUT2D eigenvalue weighted by Gasteiger charge is -2.51. The first-order chi connectivity index (χ1) is 46.6. The number of aliphatic hydroxyl groups is 12. The van der Waals surface area contributed by atoms with Crippen LogP contribution in [0.4, 0.5) is 0 Å². The van der Waals surface area contributed by atoms with E-state index in [1.165, 1.54) is 11.6 Å². The van der Waals surface area contributed by atoms with Crippen LogP contribution in [0.1, 0.15) is 34.1 Å². The van der Waals surface area contributed by atoms with Crippen LogP contribution in [0, 0.1) is 0 Å². The number of pyridine rings is 1. The van der Waals surface area contributed by atoms with Gasteiger partial charge in [0, 0.05) is 52.3 Å². The zero-order chi connectivity index (χ0) is 72.2. The van der Waals surface area contributed by atoms with E-state index in [-0.39, 0.29) is 5.70 Å². The van der Waals surface area contributed by atoms with Crippen LogP contribution in [0.3, 0.4) is 0 Å². The molecule has 1 aromatic rings. The molecule has 9 amide bonds. The molecular formula is C55H85N11O30S2. The summed E-state index contributed by atoms with van der Waals surface area (Å²) in [6, 6.07) is -3.62. The molecule has 6 heterocycles. The Balaban J connectivity index is 1.16. The molecule has 43 heteroatoms. The molecule has 25 atom stereocenters. The van der Waals surface area contributed by atoms with Gasteiger partial charge in [0.2, 0.25) is 47.3 Å². The van der Waals surface area contributed by atoms with Crippen molar-refractivity contribution >= 4 is 74.8 Å². The standard InChI is InChI=1S/C55H85N11O30S2/c1-20(72)61-35-42(82)46(26(15-68)88-51(35)87)93-53-37(62-21(2)73)44(84)48(28(17-70)90-53)95-55-39(64-23(4)75)45(85)49(29(18-71)92-55)96-54-38(63-22(3)74)43(83)47(27(16-69)91-54)94-52-36(41(81)40(80)25(14-67)89-52)66-30(76)8-10-58-50(86)24(19-97-98-34-7-5-6-9-57-34)65-33(79)13-60-32(78)12-59-31(77)11-56/h5-7,9,19,25-29,35-49,51-55,67-71,80-85,87H,8,10-18,56H2,1-4H3,(H,58,86)(H,59,77)(H,60,78)(H,61,72)(H,62,73)(H,63,74)(H,64,75)(H,65,79)(H,66,76)/t25-,26-,27-,28-,29-,35-,36-,37-,38-,39-,40-,41-,42-,43-,44-,45-,46?,47?,48?,49?,51?,52+,53+,54+,55+/m1/s1. The molecule has 98 heavy (non-hydrogen) atoms. The van der Waals surface area contributed by atoms with Crippen molar-refractivity contribution in [3.8, 4) is 0 Å². The molecule has 1 aromatic heterocycles. The summed E-state index contributed by atoms with van der Waals surface area (Å²) in [7, 11) is 2.06. The lowest BCUT2D eigenvalue weighted by molar-refractivity contribution is -0.367. The highest BCUT2D eigenvalue weighted by atomic mass is 33.1. The van der Waals surface area contributed by atoms with Gasteiger partial charge in [0.15, 0.2) is 31.5 Å². The third-order valence-electron chi connectivity index (χ3n) is 15.5. The fraction of sp³-hybridized carbons (Fsp3) is 0.709. The molecule has 23 N–H and O–H groups in total. The predicted molar refractivity (Wildman–Crippen MR) is 325 cm³/mol. The number of aliphatic hydroxyl groups excluding tert-OH is 12. The zero-order valence-electron chi connectivity index (χ0n) is 52.9. The van der Waals surface area contributed by atoms with Crippen molar-refractivity contribution in [1.82, 2.24) is 52.8 Å². The van der Waals surface area contributed by atoms with E-state index in [4.69, 9.17) is 48.4 Å². The van der Waals surface area contributed by atoms with Crippen LogP contribution in [0.15, 0.2) is 40.5 Å².